The molecule has 0 saturated carbocycles. The zero-order valence-electron chi connectivity index (χ0n) is 24.6. The third-order valence-electron chi connectivity index (χ3n) is 7.66. The van der Waals surface area contributed by atoms with Gasteiger partial charge in [-0.05, 0) is 70.3 Å². The summed E-state index contributed by atoms with van der Waals surface area (Å²) in [6, 6.07) is 21.5. The van der Waals surface area contributed by atoms with Crippen molar-refractivity contribution in [3.63, 3.8) is 0 Å². The van der Waals surface area contributed by atoms with Crippen molar-refractivity contribution in [3.8, 4) is 0 Å². The Labute approximate surface area is 240 Å². The molecule has 40 heavy (non-hydrogen) atoms. The minimum absolute atomic E-state index is 0.0447. The van der Waals surface area contributed by atoms with E-state index >= 15 is 0 Å². The monoisotopic (exact) mass is 558 g/mol. The molecule has 0 atom stereocenters. The molecular weight excluding hydrogens is 516 g/mol. The fourth-order valence-corrected chi connectivity index (χ4v) is 7.26. The molecule has 3 aromatic rings. The van der Waals surface area contributed by atoms with Crippen LogP contribution < -0.4 is 4.90 Å². The lowest BCUT2D eigenvalue weighted by atomic mass is 9.89. The van der Waals surface area contributed by atoms with Crippen molar-refractivity contribution in [1.82, 2.24) is 4.31 Å². The number of carbonyl (C=O) groups is 1. The van der Waals surface area contributed by atoms with Gasteiger partial charge in [-0.15, -0.1) is 0 Å². The minimum Gasteiger partial charge on any atom is -0.369 e. The summed E-state index contributed by atoms with van der Waals surface area (Å²) in [7, 11) is -3.65. The van der Waals surface area contributed by atoms with E-state index in [4.69, 9.17) is 0 Å². The maximum atomic E-state index is 14.1. The summed E-state index contributed by atoms with van der Waals surface area (Å²) in [4.78, 5) is 15.3. The van der Waals surface area contributed by atoms with Gasteiger partial charge in [0.05, 0.1) is 4.90 Å². The van der Waals surface area contributed by atoms with Crippen molar-refractivity contribution in [2.75, 3.05) is 31.1 Å². The van der Waals surface area contributed by atoms with E-state index < -0.39 is 10.0 Å². The minimum atomic E-state index is -3.65. The Balaban J connectivity index is 1.49. The number of benzene rings is 3. The third-order valence-corrected chi connectivity index (χ3v) is 9.69. The lowest BCUT2D eigenvalue weighted by molar-refractivity contribution is 0.104. The number of piperazine rings is 1. The number of hydrogen-bond donors (Lipinski definition) is 0. The van der Waals surface area contributed by atoms with Gasteiger partial charge in [0.25, 0.3) is 0 Å². The Morgan fingerprint density at radius 3 is 1.80 bits per heavy atom. The van der Waals surface area contributed by atoms with Crippen LogP contribution in [-0.2, 0) is 10.0 Å². The van der Waals surface area contributed by atoms with Gasteiger partial charge in [0, 0.05) is 37.4 Å². The largest absolute Gasteiger partial charge is 0.369 e. The summed E-state index contributed by atoms with van der Waals surface area (Å²) in [6.07, 6.45) is 3.42. The summed E-state index contributed by atoms with van der Waals surface area (Å²) in [5.74, 6) is 0.491. The molecule has 1 fully saturated rings. The van der Waals surface area contributed by atoms with Gasteiger partial charge >= 0.3 is 0 Å². The molecule has 4 rings (SSSR count). The maximum absolute atomic E-state index is 14.1. The standard InChI is InChI=1S/C34H42N2O3S/c1-24(2)29-22-31(25(3)4)34(32(23-29)26(5)6)40(38,39)36-20-18-35(19-21-36)30-15-13-28(14-16-30)33(37)17-12-27-10-8-7-9-11-27/h7-17,22-26H,18-21H2,1-6H3/b17-12+. The summed E-state index contributed by atoms with van der Waals surface area (Å²) in [6.45, 7) is 14.6. The highest BCUT2D eigenvalue weighted by atomic mass is 32.2. The highest BCUT2D eigenvalue weighted by Crippen LogP contribution is 2.37. The summed E-state index contributed by atoms with van der Waals surface area (Å²) in [5.41, 5.74) is 5.63. The van der Waals surface area contributed by atoms with Crippen molar-refractivity contribution < 1.29 is 13.2 Å². The van der Waals surface area contributed by atoms with E-state index in [-0.39, 0.29) is 17.6 Å². The molecule has 1 aliphatic rings. The first-order chi connectivity index (χ1) is 19.0. The third kappa shape index (κ3) is 6.56. The topological polar surface area (TPSA) is 57.7 Å². The molecule has 0 N–H and O–H groups in total. The molecule has 1 saturated heterocycles. The van der Waals surface area contributed by atoms with E-state index in [0.29, 0.717) is 42.6 Å². The molecule has 5 nitrogen and oxygen atoms in total. The van der Waals surface area contributed by atoms with Crippen LogP contribution in [0.5, 0.6) is 0 Å². The Morgan fingerprint density at radius 2 is 1.30 bits per heavy atom. The summed E-state index contributed by atoms with van der Waals surface area (Å²) < 4.78 is 29.9. The molecule has 0 amide bonds. The second-order valence-electron chi connectivity index (χ2n) is 11.5. The van der Waals surface area contributed by atoms with Crippen molar-refractivity contribution in [3.05, 3.63) is 101 Å². The van der Waals surface area contributed by atoms with Gasteiger partial charge in [-0.1, -0.05) is 90.1 Å². The molecule has 6 heteroatoms. The molecule has 0 unspecified atom stereocenters. The number of rotatable bonds is 9. The first kappa shape index (κ1) is 29.8. The number of anilines is 1. The van der Waals surface area contributed by atoms with Crippen LogP contribution in [0.25, 0.3) is 6.08 Å². The first-order valence-corrected chi connectivity index (χ1v) is 15.7. The Morgan fingerprint density at radius 1 is 0.750 bits per heavy atom. The zero-order valence-corrected chi connectivity index (χ0v) is 25.4. The number of nitrogens with zero attached hydrogens (tertiary/aromatic N) is 2. The average molecular weight is 559 g/mol. The van der Waals surface area contributed by atoms with Crippen LogP contribution in [-0.4, -0.2) is 44.7 Å². The highest BCUT2D eigenvalue weighted by molar-refractivity contribution is 7.89. The molecular formula is C34H42N2O3S. The molecule has 0 radical (unpaired) electrons. The maximum Gasteiger partial charge on any atom is 0.243 e. The number of ketones is 1. The molecule has 0 aliphatic carbocycles. The molecule has 0 bridgehead atoms. The molecule has 212 valence electrons. The van der Waals surface area contributed by atoms with Gasteiger partial charge < -0.3 is 4.90 Å². The number of hydrogen-bond acceptors (Lipinski definition) is 4. The van der Waals surface area contributed by atoms with Crippen LogP contribution in [0.2, 0.25) is 0 Å². The van der Waals surface area contributed by atoms with E-state index in [0.717, 1.165) is 22.4 Å². The second kappa shape index (κ2) is 12.5. The van der Waals surface area contributed by atoms with Crippen LogP contribution in [0.15, 0.2) is 77.7 Å². The van der Waals surface area contributed by atoms with E-state index in [1.165, 1.54) is 5.56 Å². The summed E-state index contributed by atoms with van der Waals surface area (Å²) in [5, 5.41) is 0. The predicted octanol–water partition coefficient (Wildman–Crippen LogP) is 7.46. The Kier molecular flexibility index (Phi) is 9.32. The average Bonchev–Trinajstić information content (AvgIpc) is 2.95. The van der Waals surface area contributed by atoms with Crippen molar-refractivity contribution >= 4 is 27.6 Å². The molecule has 3 aromatic carbocycles. The van der Waals surface area contributed by atoms with Crippen molar-refractivity contribution in [2.45, 2.75) is 64.2 Å². The fraction of sp³-hybridized carbons (Fsp3) is 0.382. The molecule has 1 heterocycles. The van der Waals surface area contributed by atoms with Crippen LogP contribution in [0.4, 0.5) is 5.69 Å². The van der Waals surface area contributed by atoms with Gasteiger partial charge in [0.15, 0.2) is 5.78 Å². The van der Waals surface area contributed by atoms with E-state index in [2.05, 4.69) is 58.6 Å². The lowest BCUT2D eigenvalue weighted by Crippen LogP contribution is -2.49. The van der Waals surface area contributed by atoms with Gasteiger partial charge in [-0.3, -0.25) is 4.79 Å². The molecule has 0 aromatic heterocycles. The number of allylic oxidation sites excluding steroid dienone is 1. The normalized spacial score (nSPS) is 15.1. The van der Waals surface area contributed by atoms with Crippen LogP contribution >= 0.6 is 0 Å². The Hall–Kier alpha value is -3.22. The number of sulfonamides is 1. The van der Waals surface area contributed by atoms with Gasteiger partial charge in [-0.2, -0.15) is 4.31 Å². The van der Waals surface area contributed by atoms with Gasteiger partial charge in [0.1, 0.15) is 0 Å². The molecule has 0 spiro atoms. The highest BCUT2D eigenvalue weighted by Gasteiger charge is 2.34. The quantitative estimate of drug-likeness (QED) is 0.202. The fourth-order valence-electron chi connectivity index (χ4n) is 5.17. The van der Waals surface area contributed by atoms with E-state index in [1.54, 1.807) is 10.4 Å². The molecule has 1 aliphatic heterocycles. The van der Waals surface area contributed by atoms with Crippen LogP contribution in [0.1, 0.15) is 91.9 Å². The zero-order chi connectivity index (χ0) is 29.0. The van der Waals surface area contributed by atoms with Crippen LogP contribution in [0, 0.1) is 0 Å². The Bertz CT molecular complexity index is 1420. The summed E-state index contributed by atoms with van der Waals surface area (Å²) >= 11 is 0. The van der Waals surface area contributed by atoms with Gasteiger partial charge in [-0.25, -0.2) is 8.42 Å². The smallest absolute Gasteiger partial charge is 0.243 e. The SMILES string of the molecule is CC(C)c1cc(C(C)C)c(S(=O)(=O)N2CCN(c3ccc(C(=O)/C=C/c4ccccc4)cc3)CC2)c(C(C)C)c1. The lowest BCUT2D eigenvalue weighted by Gasteiger charge is -2.36. The predicted molar refractivity (Wildman–Crippen MR) is 166 cm³/mol. The van der Waals surface area contributed by atoms with Gasteiger partial charge in [0.2, 0.25) is 10.0 Å². The second-order valence-corrected chi connectivity index (χ2v) is 13.4. The van der Waals surface area contributed by atoms with Crippen molar-refractivity contribution in [1.29, 1.82) is 0 Å². The van der Waals surface area contributed by atoms with E-state index in [9.17, 15) is 13.2 Å². The van der Waals surface area contributed by atoms with E-state index in [1.807, 2.05) is 60.7 Å². The van der Waals surface area contributed by atoms with Crippen molar-refractivity contribution in [2.24, 2.45) is 0 Å². The first-order valence-electron chi connectivity index (χ1n) is 14.3. The van der Waals surface area contributed by atoms with Crippen LogP contribution in [0.3, 0.4) is 0 Å². The number of carbonyl (C=O) groups excluding carboxylic acids is 1.